The molecule has 120 valence electrons. The van der Waals surface area contributed by atoms with Gasteiger partial charge in [0.25, 0.3) is 0 Å². The fourth-order valence-corrected chi connectivity index (χ4v) is 13.4. The summed E-state index contributed by atoms with van der Waals surface area (Å²) in [6.45, 7) is 10.6. The first-order valence-corrected chi connectivity index (χ1v) is 15.9. The molecular formula is C20H36Sn. The van der Waals surface area contributed by atoms with Gasteiger partial charge in [0.15, 0.2) is 0 Å². The minimum atomic E-state index is -0.967. The molecule has 0 aliphatic rings. The van der Waals surface area contributed by atoms with Crippen molar-refractivity contribution < 1.29 is 0 Å². The molecule has 1 aromatic carbocycles. The Kier molecular flexibility index (Phi) is 15.9. The number of rotatable bonds is 10. The predicted molar refractivity (Wildman–Crippen MR) is 103 cm³/mol. The summed E-state index contributed by atoms with van der Waals surface area (Å²) < 4.78 is 5.08. The quantitative estimate of drug-likeness (QED) is 0.377. The predicted octanol–water partition coefficient (Wildman–Crippen LogP) is 6.94. The van der Waals surface area contributed by atoms with Gasteiger partial charge in [-0.1, -0.05) is 43.0 Å². The molecule has 1 heteroatoms. The van der Waals surface area contributed by atoms with Crippen molar-refractivity contribution in [1.29, 1.82) is 0 Å². The van der Waals surface area contributed by atoms with Crippen LogP contribution in [0.5, 0.6) is 0 Å². The molecule has 0 unspecified atom stereocenters. The van der Waals surface area contributed by atoms with Gasteiger partial charge in [-0.15, -0.1) is 0 Å². The van der Waals surface area contributed by atoms with E-state index in [1.165, 1.54) is 44.1 Å². The van der Waals surface area contributed by atoms with Crippen LogP contribution in [0.1, 0.15) is 64.9 Å². The van der Waals surface area contributed by atoms with Gasteiger partial charge >= 0.3 is 92.4 Å². The van der Waals surface area contributed by atoms with E-state index in [2.05, 4.69) is 27.4 Å². The minimum absolute atomic E-state index is 0.967. The molecule has 1 rings (SSSR count). The van der Waals surface area contributed by atoms with Crippen LogP contribution >= 0.6 is 0 Å². The molecule has 0 saturated carbocycles. The molecule has 0 heterocycles. The van der Waals surface area contributed by atoms with Gasteiger partial charge in [-0.2, -0.15) is 0 Å². The Bertz CT molecular complexity index is 299. The van der Waals surface area contributed by atoms with Crippen molar-refractivity contribution in [3.63, 3.8) is 0 Å². The van der Waals surface area contributed by atoms with Crippen molar-refractivity contribution in [2.75, 3.05) is 0 Å². The molecule has 0 aliphatic carbocycles. The molecule has 0 atom stereocenters. The van der Waals surface area contributed by atoms with Crippen LogP contribution in [-0.4, -0.2) is 19.8 Å². The molecule has 0 nitrogen and oxygen atoms in total. The Morgan fingerprint density at radius 1 is 0.810 bits per heavy atom. The third-order valence-corrected chi connectivity index (χ3v) is 14.4. The van der Waals surface area contributed by atoms with Crippen LogP contribution in [0, 0.1) is 0 Å². The summed E-state index contributed by atoms with van der Waals surface area (Å²) in [5, 5.41) is 0. The third kappa shape index (κ3) is 13.2. The van der Waals surface area contributed by atoms with Crippen molar-refractivity contribution in [3.8, 4) is 0 Å². The van der Waals surface area contributed by atoms with Crippen molar-refractivity contribution in [3.05, 3.63) is 42.5 Å². The zero-order valence-corrected chi connectivity index (χ0v) is 17.9. The van der Waals surface area contributed by atoms with Crippen molar-refractivity contribution >= 4 is 25.8 Å². The van der Waals surface area contributed by atoms with Crippen molar-refractivity contribution in [2.24, 2.45) is 0 Å². The fraction of sp³-hybridized carbons (Fsp3) is 0.600. The summed E-state index contributed by atoms with van der Waals surface area (Å²) >= 11 is -0.967. The van der Waals surface area contributed by atoms with E-state index in [4.69, 9.17) is 0 Å². The summed E-state index contributed by atoms with van der Waals surface area (Å²) in [5.41, 5.74) is 1.17. The van der Waals surface area contributed by atoms with E-state index < -0.39 is 19.8 Å². The van der Waals surface area contributed by atoms with E-state index >= 15 is 0 Å². The third-order valence-electron chi connectivity index (χ3n) is 3.93. The maximum atomic E-state index is 3.63. The Morgan fingerprint density at radius 2 is 1.24 bits per heavy atom. The molecule has 1 aromatic rings. The van der Waals surface area contributed by atoms with E-state index in [1.807, 2.05) is 36.4 Å². The average Bonchev–Trinajstić information content (AvgIpc) is 2.55. The monoisotopic (exact) mass is 396 g/mol. The van der Waals surface area contributed by atoms with Gasteiger partial charge in [-0.05, 0) is 5.56 Å². The van der Waals surface area contributed by atoms with Crippen LogP contribution < -0.4 is 0 Å². The van der Waals surface area contributed by atoms with Gasteiger partial charge in [0.2, 0.25) is 0 Å². The number of hydrogen-bond donors (Lipinski definition) is 0. The van der Waals surface area contributed by atoms with E-state index in [-0.39, 0.29) is 0 Å². The Labute approximate surface area is 140 Å². The van der Waals surface area contributed by atoms with Crippen LogP contribution in [0.4, 0.5) is 0 Å². The van der Waals surface area contributed by atoms with Crippen LogP contribution in [-0.2, 0) is 0 Å². The number of benzene rings is 1. The first-order valence-electron chi connectivity index (χ1n) is 8.95. The molecule has 0 spiro atoms. The van der Waals surface area contributed by atoms with Gasteiger partial charge in [0.1, 0.15) is 0 Å². The van der Waals surface area contributed by atoms with Gasteiger partial charge in [-0.25, -0.2) is 0 Å². The van der Waals surface area contributed by atoms with Crippen LogP contribution in [0.3, 0.4) is 0 Å². The van der Waals surface area contributed by atoms with Gasteiger partial charge in [0, 0.05) is 0 Å². The fourth-order valence-electron chi connectivity index (χ4n) is 2.50. The second kappa shape index (κ2) is 16.1. The Balaban J connectivity index is 0.000000423. The van der Waals surface area contributed by atoms with E-state index in [1.54, 1.807) is 13.3 Å². The second-order valence-electron chi connectivity index (χ2n) is 5.91. The van der Waals surface area contributed by atoms with Gasteiger partial charge in [-0.3, -0.25) is 0 Å². The summed E-state index contributed by atoms with van der Waals surface area (Å²) in [6.07, 6.45) is 10.7. The van der Waals surface area contributed by atoms with Crippen LogP contribution in [0.2, 0.25) is 13.3 Å². The van der Waals surface area contributed by atoms with Crippen molar-refractivity contribution in [2.45, 2.75) is 72.6 Å². The SMILES string of the molecule is C=Cc1ccccc1.CCC[CH2][SnH]([CH2]CCC)[CH2]CCC. The summed E-state index contributed by atoms with van der Waals surface area (Å²) in [5.74, 6) is 0. The summed E-state index contributed by atoms with van der Waals surface area (Å²) in [6, 6.07) is 10.0. The molecule has 0 amide bonds. The Morgan fingerprint density at radius 3 is 1.52 bits per heavy atom. The van der Waals surface area contributed by atoms with Gasteiger partial charge in [0.05, 0.1) is 0 Å². The molecule has 0 radical (unpaired) electrons. The molecule has 0 bridgehead atoms. The zero-order valence-electron chi connectivity index (χ0n) is 14.6. The molecule has 0 fully saturated rings. The standard InChI is InChI=1S/C8H8.3C4H9.Sn.H/c1-2-8-6-4-3-5-7-8;3*1-3-4-2;;/h2-7H,1H2;3*1,3-4H2,2H3;;. The van der Waals surface area contributed by atoms with Crippen LogP contribution in [0.15, 0.2) is 36.9 Å². The number of unbranched alkanes of at least 4 members (excludes halogenated alkanes) is 3. The van der Waals surface area contributed by atoms with E-state index in [9.17, 15) is 0 Å². The normalized spacial score (nSPS) is 10.1. The second-order valence-corrected chi connectivity index (χ2v) is 15.8. The summed E-state index contributed by atoms with van der Waals surface area (Å²) in [4.78, 5) is 0. The van der Waals surface area contributed by atoms with E-state index in [0.29, 0.717) is 0 Å². The molecule has 0 aliphatic heterocycles. The molecule has 0 saturated heterocycles. The molecule has 0 N–H and O–H groups in total. The first kappa shape index (κ1) is 20.8. The topological polar surface area (TPSA) is 0 Å². The zero-order chi connectivity index (χ0) is 15.8. The maximum absolute atomic E-state index is 3.63. The molecule has 0 aromatic heterocycles. The Hall–Kier alpha value is -0.241. The average molecular weight is 395 g/mol. The van der Waals surface area contributed by atoms with Crippen molar-refractivity contribution in [1.82, 2.24) is 0 Å². The summed E-state index contributed by atoms with van der Waals surface area (Å²) in [7, 11) is 0. The number of hydrogen-bond acceptors (Lipinski definition) is 0. The molecule has 21 heavy (non-hydrogen) atoms. The van der Waals surface area contributed by atoms with Gasteiger partial charge < -0.3 is 0 Å². The van der Waals surface area contributed by atoms with E-state index in [0.717, 1.165) is 0 Å². The van der Waals surface area contributed by atoms with Crippen LogP contribution in [0.25, 0.3) is 6.08 Å². The first-order chi connectivity index (χ1) is 10.3. The molecular weight excluding hydrogens is 359 g/mol.